The van der Waals surface area contributed by atoms with Crippen molar-refractivity contribution in [2.45, 2.75) is 38.8 Å². The van der Waals surface area contributed by atoms with E-state index in [2.05, 4.69) is 10.1 Å². The molecule has 0 fully saturated rings. The van der Waals surface area contributed by atoms with Crippen molar-refractivity contribution in [2.24, 2.45) is 0 Å². The first-order valence-corrected chi connectivity index (χ1v) is 10.2. The van der Waals surface area contributed by atoms with Crippen LogP contribution >= 0.6 is 0 Å². The molecule has 1 aromatic carbocycles. The summed E-state index contributed by atoms with van der Waals surface area (Å²) in [4.78, 5) is 4.55. The van der Waals surface area contributed by atoms with E-state index in [9.17, 15) is 13.9 Å². The molecule has 0 aliphatic heterocycles. The van der Waals surface area contributed by atoms with Crippen molar-refractivity contribution >= 4 is 5.57 Å². The van der Waals surface area contributed by atoms with Gasteiger partial charge in [0.05, 0.1) is 38.3 Å². The number of allylic oxidation sites excluding steroid dienone is 2. The molecule has 8 heteroatoms. The van der Waals surface area contributed by atoms with Crippen molar-refractivity contribution in [1.29, 1.82) is 0 Å². The Morgan fingerprint density at radius 3 is 2.38 bits per heavy atom. The monoisotopic (exact) mass is 441 g/mol. The summed E-state index contributed by atoms with van der Waals surface area (Å²) in [6.07, 6.45) is 7.88. The molecule has 0 unspecified atom stereocenters. The molecule has 4 rings (SSSR count). The molecule has 2 heterocycles. The summed E-state index contributed by atoms with van der Waals surface area (Å²) in [6.45, 7) is 3.79. The molecular weight excluding hydrogens is 416 g/mol. The minimum Gasteiger partial charge on any atom is -0.494 e. The van der Waals surface area contributed by atoms with E-state index in [0.717, 1.165) is 28.0 Å². The van der Waals surface area contributed by atoms with Gasteiger partial charge in [-0.25, -0.2) is 8.78 Å². The van der Waals surface area contributed by atoms with E-state index in [-0.39, 0.29) is 23.5 Å². The predicted octanol–water partition coefficient (Wildman–Crippen LogP) is 4.19. The van der Waals surface area contributed by atoms with Gasteiger partial charge in [-0.3, -0.25) is 9.67 Å². The number of methoxy groups -OCH3 is 2. The second-order valence-corrected chi connectivity index (χ2v) is 8.46. The van der Waals surface area contributed by atoms with Crippen LogP contribution in [0, 0.1) is 11.6 Å². The van der Waals surface area contributed by atoms with Crippen LogP contribution in [0.25, 0.3) is 16.7 Å². The van der Waals surface area contributed by atoms with Crippen molar-refractivity contribution in [3.63, 3.8) is 0 Å². The van der Waals surface area contributed by atoms with E-state index in [4.69, 9.17) is 9.47 Å². The van der Waals surface area contributed by atoms with E-state index in [0.29, 0.717) is 13.0 Å². The van der Waals surface area contributed by atoms with Gasteiger partial charge < -0.3 is 14.6 Å². The van der Waals surface area contributed by atoms with Gasteiger partial charge in [0.15, 0.2) is 23.1 Å². The van der Waals surface area contributed by atoms with Crippen LogP contribution in [0.2, 0.25) is 0 Å². The van der Waals surface area contributed by atoms with Crippen molar-refractivity contribution in [3.8, 4) is 22.6 Å². The van der Waals surface area contributed by atoms with Crippen molar-refractivity contribution in [1.82, 2.24) is 14.8 Å². The first-order chi connectivity index (χ1) is 15.2. The third-order valence-electron chi connectivity index (χ3n) is 5.41. The van der Waals surface area contributed by atoms with Gasteiger partial charge in [0.25, 0.3) is 0 Å². The first-order valence-electron chi connectivity index (χ1n) is 10.2. The number of nitrogens with zero attached hydrogens (tertiary/aromatic N) is 3. The third kappa shape index (κ3) is 4.23. The standard InChI is InChI=1S/C24H25F2N3O3/c1-24(2,30)13-29-12-16(11-28-29)15-8-17-14(5-6-19(17)27-10-15)7-18-22(25)20(31-3)9-21(32-4)23(18)26/h5,8-12,30H,6-7,13H2,1-4H3. The highest BCUT2D eigenvalue weighted by molar-refractivity contribution is 5.77. The zero-order valence-electron chi connectivity index (χ0n) is 18.4. The lowest BCUT2D eigenvalue weighted by atomic mass is 9.97. The Bertz CT molecular complexity index is 1170. The fraction of sp³-hybridized carbons (Fsp3) is 0.333. The molecule has 6 nitrogen and oxygen atoms in total. The summed E-state index contributed by atoms with van der Waals surface area (Å²) in [5.41, 5.74) is 3.16. The van der Waals surface area contributed by atoms with Crippen LogP contribution < -0.4 is 9.47 Å². The van der Waals surface area contributed by atoms with E-state index in [1.807, 2.05) is 18.3 Å². The summed E-state index contributed by atoms with van der Waals surface area (Å²) in [6, 6.07) is 3.16. The average Bonchev–Trinajstić information content (AvgIpc) is 3.36. The smallest absolute Gasteiger partial charge is 0.171 e. The van der Waals surface area contributed by atoms with Gasteiger partial charge in [-0.1, -0.05) is 6.08 Å². The maximum Gasteiger partial charge on any atom is 0.171 e. The molecule has 168 valence electrons. The first kappa shape index (κ1) is 22.0. The average molecular weight is 441 g/mol. The maximum atomic E-state index is 14.9. The molecule has 0 amide bonds. The molecule has 0 atom stereocenters. The van der Waals surface area contributed by atoms with E-state index < -0.39 is 17.2 Å². The molecule has 1 aliphatic rings. The molecule has 0 saturated heterocycles. The highest BCUT2D eigenvalue weighted by Gasteiger charge is 2.24. The maximum absolute atomic E-state index is 14.9. The molecule has 3 aromatic rings. The number of hydrogen-bond donors (Lipinski definition) is 1. The number of pyridine rings is 1. The largest absolute Gasteiger partial charge is 0.494 e. The van der Waals surface area contributed by atoms with E-state index in [1.54, 1.807) is 30.9 Å². The Hall–Kier alpha value is -3.26. The SMILES string of the molecule is COc1cc(OC)c(F)c(CC2=CCc3ncc(-c4cnn(CC(C)(C)O)c4)cc32)c1F. The molecule has 2 aromatic heterocycles. The molecule has 0 spiro atoms. The molecule has 1 aliphatic carbocycles. The fourth-order valence-corrected chi connectivity index (χ4v) is 3.87. The Kier molecular flexibility index (Phi) is 5.73. The summed E-state index contributed by atoms with van der Waals surface area (Å²) in [7, 11) is 2.66. The highest BCUT2D eigenvalue weighted by Crippen LogP contribution is 2.37. The van der Waals surface area contributed by atoms with Crippen LogP contribution in [-0.2, 0) is 19.4 Å². The van der Waals surface area contributed by atoms with Crippen molar-refractivity contribution < 1.29 is 23.4 Å². The number of rotatable bonds is 7. The van der Waals surface area contributed by atoms with Gasteiger partial charge in [0.1, 0.15) is 0 Å². The number of halogens is 2. The van der Waals surface area contributed by atoms with Crippen LogP contribution in [-0.4, -0.2) is 39.7 Å². The summed E-state index contributed by atoms with van der Waals surface area (Å²) < 4.78 is 41.5. The predicted molar refractivity (Wildman–Crippen MR) is 117 cm³/mol. The Morgan fingerprint density at radius 2 is 1.75 bits per heavy atom. The summed E-state index contributed by atoms with van der Waals surface area (Å²) in [5.74, 6) is -1.61. The number of fused-ring (bicyclic) bond motifs is 1. The number of aromatic nitrogens is 3. The minimum absolute atomic E-state index is 0.0430. The Labute approximate surface area is 185 Å². The van der Waals surface area contributed by atoms with Crippen LogP contribution in [0.5, 0.6) is 11.5 Å². The number of hydrogen-bond acceptors (Lipinski definition) is 5. The highest BCUT2D eigenvalue weighted by atomic mass is 19.1. The van der Waals surface area contributed by atoms with E-state index >= 15 is 0 Å². The van der Waals surface area contributed by atoms with Crippen LogP contribution in [0.15, 0.2) is 36.8 Å². The van der Waals surface area contributed by atoms with Crippen LogP contribution in [0.3, 0.4) is 0 Å². The second-order valence-electron chi connectivity index (χ2n) is 8.46. The lowest BCUT2D eigenvalue weighted by molar-refractivity contribution is 0.0577. The Balaban J connectivity index is 1.66. The van der Waals surface area contributed by atoms with Gasteiger partial charge in [0.2, 0.25) is 0 Å². The van der Waals surface area contributed by atoms with E-state index in [1.165, 1.54) is 20.3 Å². The zero-order chi connectivity index (χ0) is 23.0. The topological polar surface area (TPSA) is 69.4 Å². The number of benzene rings is 1. The van der Waals surface area contributed by atoms with Crippen LogP contribution in [0.1, 0.15) is 30.7 Å². The molecule has 0 saturated carbocycles. The van der Waals surface area contributed by atoms with Gasteiger partial charge in [-0.05, 0) is 25.5 Å². The third-order valence-corrected chi connectivity index (χ3v) is 5.41. The molecule has 0 radical (unpaired) electrons. The Morgan fingerprint density at radius 1 is 1.06 bits per heavy atom. The summed E-state index contributed by atoms with van der Waals surface area (Å²) >= 11 is 0. The van der Waals surface area contributed by atoms with Gasteiger partial charge in [-0.15, -0.1) is 0 Å². The molecule has 0 bridgehead atoms. The van der Waals surface area contributed by atoms with Crippen LogP contribution in [0.4, 0.5) is 8.78 Å². The fourth-order valence-electron chi connectivity index (χ4n) is 3.87. The molecule has 1 N–H and O–H groups in total. The minimum atomic E-state index is -0.888. The van der Waals surface area contributed by atoms with Gasteiger partial charge in [0, 0.05) is 53.6 Å². The normalized spacial score (nSPS) is 13.2. The molecular formula is C24H25F2N3O3. The number of aliphatic hydroxyl groups is 1. The molecule has 32 heavy (non-hydrogen) atoms. The number of ether oxygens (including phenoxy) is 2. The van der Waals surface area contributed by atoms with Crippen molar-refractivity contribution in [3.05, 3.63) is 65.3 Å². The van der Waals surface area contributed by atoms with Crippen molar-refractivity contribution in [2.75, 3.05) is 14.2 Å². The van der Waals surface area contributed by atoms with Gasteiger partial charge in [-0.2, -0.15) is 5.10 Å². The van der Waals surface area contributed by atoms with Gasteiger partial charge >= 0.3 is 0 Å². The lowest BCUT2D eigenvalue weighted by Crippen LogP contribution is -2.26. The quantitative estimate of drug-likeness (QED) is 0.595. The second kappa shape index (κ2) is 8.35. The summed E-state index contributed by atoms with van der Waals surface area (Å²) in [5, 5.41) is 14.3. The zero-order valence-corrected chi connectivity index (χ0v) is 18.4. The lowest BCUT2D eigenvalue weighted by Gasteiger charge is -2.16.